The lowest BCUT2D eigenvalue weighted by Gasteiger charge is -2.26. The van der Waals surface area contributed by atoms with Crippen molar-refractivity contribution in [3.8, 4) is 0 Å². The van der Waals surface area contributed by atoms with E-state index in [4.69, 9.17) is 0 Å². The van der Waals surface area contributed by atoms with Crippen LogP contribution in [0.5, 0.6) is 0 Å². The van der Waals surface area contributed by atoms with Crippen LogP contribution in [0.4, 0.5) is 0 Å². The molecule has 1 aromatic carbocycles. The Morgan fingerprint density at radius 3 is 2.71 bits per heavy atom. The monoisotopic (exact) mass is 230 g/mol. The summed E-state index contributed by atoms with van der Waals surface area (Å²) in [6.07, 6.45) is 5.67. The Kier molecular flexibility index (Phi) is 2.29. The van der Waals surface area contributed by atoms with E-state index >= 15 is 0 Å². The maximum absolute atomic E-state index is 11.4. The van der Waals surface area contributed by atoms with E-state index in [9.17, 15) is 9.90 Å². The van der Waals surface area contributed by atoms with Gasteiger partial charge in [-0.1, -0.05) is 31.0 Å². The van der Waals surface area contributed by atoms with Gasteiger partial charge in [-0.05, 0) is 48.3 Å². The first-order chi connectivity index (χ1) is 8.14. The second-order valence-corrected chi connectivity index (χ2v) is 5.62. The summed E-state index contributed by atoms with van der Waals surface area (Å²) in [5.41, 5.74) is 3.92. The summed E-state index contributed by atoms with van der Waals surface area (Å²) >= 11 is 0. The zero-order chi connectivity index (χ0) is 12.0. The lowest BCUT2D eigenvalue weighted by atomic mass is 9.78. The molecule has 0 amide bonds. The molecule has 0 aromatic heterocycles. The second kappa shape index (κ2) is 3.59. The van der Waals surface area contributed by atoms with Crippen LogP contribution in [0.1, 0.15) is 54.7 Å². The number of hydrogen-bond acceptors (Lipinski definition) is 1. The van der Waals surface area contributed by atoms with E-state index in [-0.39, 0.29) is 11.3 Å². The quantitative estimate of drug-likeness (QED) is 0.803. The second-order valence-electron chi connectivity index (χ2n) is 5.62. The van der Waals surface area contributed by atoms with Gasteiger partial charge in [0.25, 0.3) is 0 Å². The Hall–Kier alpha value is -1.31. The van der Waals surface area contributed by atoms with Gasteiger partial charge in [0.2, 0.25) is 0 Å². The number of carboxylic acid groups (broad SMARTS) is 1. The lowest BCUT2D eigenvalue weighted by Crippen LogP contribution is -2.20. The van der Waals surface area contributed by atoms with Gasteiger partial charge < -0.3 is 5.11 Å². The molecule has 0 bridgehead atoms. The highest BCUT2D eigenvalue weighted by atomic mass is 16.4. The van der Waals surface area contributed by atoms with Crippen LogP contribution >= 0.6 is 0 Å². The Bertz CT molecular complexity index is 470. The van der Waals surface area contributed by atoms with E-state index in [2.05, 4.69) is 13.0 Å². The Labute approximate surface area is 102 Å². The van der Waals surface area contributed by atoms with E-state index in [1.165, 1.54) is 36.8 Å². The van der Waals surface area contributed by atoms with Crippen LogP contribution in [0, 0.1) is 6.92 Å². The molecule has 1 fully saturated rings. The average Bonchev–Trinajstić information content (AvgIpc) is 2.87. The fourth-order valence-electron chi connectivity index (χ4n) is 4.03. The first kappa shape index (κ1) is 10.8. The molecule has 2 heteroatoms. The van der Waals surface area contributed by atoms with Crippen molar-refractivity contribution in [2.75, 3.05) is 0 Å². The highest BCUT2D eigenvalue weighted by Crippen LogP contribution is 2.55. The summed E-state index contributed by atoms with van der Waals surface area (Å²) in [7, 11) is 0. The normalized spacial score (nSPS) is 25.1. The highest BCUT2D eigenvalue weighted by Gasteiger charge is 2.48. The summed E-state index contributed by atoms with van der Waals surface area (Å²) in [4.78, 5) is 11.4. The minimum absolute atomic E-state index is 0.184. The van der Waals surface area contributed by atoms with Crippen LogP contribution in [0.3, 0.4) is 0 Å². The summed E-state index contributed by atoms with van der Waals surface area (Å²) < 4.78 is 0. The van der Waals surface area contributed by atoms with Gasteiger partial charge in [0.1, 0.15) is 0 Å². The van der Waals surface area contributed by atoms with Crippen molar-refractivity contribution in [1.29, 1.82) is 0 Å². The first-order valence-electron chi connectivity index (χ1n) is 6.47. The van der Waals surface area contributed by atoms with E-state index in [1.54, 1.807) is 0 Å². The number of carboxylic acids is 1. The van der Waals surface area contributed by atoms with Gasteiger partial charge in [-0.2, -0.15) is 0 Å². The third-order valence-electron chi connectivity index (χ3n) is 4.66. The number of hydrogen-bond donors (Lipinski definition) is 1. The van der Waals surface area contributed by atoms with E-state index in [0.717, 1.165) is 12.0 Å². The number of rotatable bonds is 1. The fourth-order valence-corrected chi connectivity index (χ4v) is 4.03. The predicted octanol–water partition coefficient (Wildman–Crippen LogP) is 3.38. The molecule has 1 aromatic rings. The van der Waals surface area contributed by atoms with Crippen molar-refractivity contribution in [3.05, 3.63) is 34.9 Å². The van der Waals surface area contributed by atoms with Crippen LogP contribution < -0.4 is 0 Å². The summed E-state index contributed by atoms with van der Waals surface area (Å²) in [6.45, 7) is 2.13. The Morgan fingerprint density at radius 1 is 1.35 bits per heavy atom. The van der Waals surface area contributed by atoms with E-state index < -0.39 is 5.97 Å². The van der Waals surface area contributed by atoms with Crippen molar-refractivity contribution in [1.82, 2.24) is 0 Å². The van der Waals surface area contributed by atoms with Gasteiger partial charge in [-0.15, -0.1) is 0 Å². The summed E-state index contributed by atoms with van der Waals surface area (Å²) in [6, 6.07) is 6.15. The molecule has 1 N–H and O–H groups in total. The zero-order valence-corrected chi connectivity index (χ0v) is 10.2. The van der Waals surface area contributed by atoms with Crippen LogP contribution in [-0.2, 0) is 10.2 Å². The van der Waals surface area contributed by atoms with Crippen molar-refractivity contribution < 1.29 is 9.90 Å². The molecule has 1 unspecified atom stereocenters. The van der Waals surface area contributed by atoms with Crippen molar-refractivity contribution in [2.45, 2.75) is 50.4 Å². The molecule has 1 spiro atoms. The largest absolute Gasteiger partial charge is 0.481 e. The van der Waals surface area contributed by atoms with Crippen LogP contribution in [0.2, 0.25) is 0 Å². The minimum Gasteiger partial charge on any atom is -0.481 e. The third kappa shape index (κ3) is 1.43. The van der Waals surface area contributed by atoms with E-state index in [1.807, 2.05) is 12.1 Å². The molecule has 1 saturated carbocycles. The average molecular weight is 230 g/mol. The molecule has 0 heterocycles. The first-order valence-corrected chi connectivity index (χ1v) is 6.47. The fraction of sp³-hybridized carbons (Fsp3) is 0.533. The molecule has 0 saturated heterocycles. The van der Waals surface area contributed by atoms with Crippen LogP contribution in [0.15, 0.2) is 18.2 Å². The molecular formula is C15H18O2. The van der Waals surface area contributed by atoms with Gasteiger partial charge in [-0.25, -0.2) is 0 Å². The molecule has 2 nitrogen and oxygen atoms in total. The molecule has 2 aliphatic carbocycles. The zero-order valence-electron chi connectivity index (χ0n) is 10.2. The standard InChI is InChI=1S/C15H18O2/c1-10-5-4-6-11-12(14(16)17)9-15(13(10)11)7-2-3-8-15/h4-6,12H,2-3,7-9H2,1H3,(H,16,17). The van der Waals surface area contributed by atoms with Gasteiger partial charge in [0.15, 0.2) is 0 Å². The maximum Gasteiger partial charge on any atom is 0.311 e. The van der Waals surface area contributed by atoms with Gasteiger partial charge in [0.05, 0.1) is 5.92 Å². The van der Waals surface area contributed by atoms with Crippen molar-refractivity contribution in [2.24, 2.45) is 0 Å². The van der Waals surface area contributed by atoms with E-state index in [0.29, 0.717) is 0 Å². The Morgan fingerprint density at radius 2 is 2.06 bits per heavy atom. The third-order valence-corrected chi connectivity index (χ3v) is 4.66. The molecule has 0 aliphatic heterocycles. The SMILES string of the molecule is Cc1cccc2c1C1(CCCC1)CC2C(=O)O. The van der Waals surface area contributed by atoms with Gasteiger partial charge in [0, 0.05) is 0 Å². The van der Waals surface area contributed by atoms with Crippen molar-refractivity contribution in [3.63, 3.8) is 0 Å². The number of aryl methyl sites for hydroxylation is 1. The number of fused-ring (bicyclic) bond motifs is 2. The highest BCUT2D eigenvalue weighted by molar-refractivity contribution is 5.79. The number of aliphatic carboxylic acids is 1. The minimum atomic E-state index is -0.652. The smallest absolute Gasteiger partial charge is 0.311 e. The lowest BCUT2D eigenvalue weighted by molar-refractivity contribution is -0.139. The van der Waals surface area contributed by atoms with Crippen LogP contribution in [0.25, 0.3) is 0 Å². The summed E-state index contributed by atoms with van der Waals surface area (Å²) in [5.74, 6) is -0.927. The maximum atomic E-state index is 11.4. The number of carbonyl (C=O) groups is 1. The predicted molar refractivity (Wildman–Crippen MR) is 66.3 cm³/mol. The topological polar surface area (TPSA) is 37.3 Å². The molecule has 1 atom stereocenters. The number of benzene rings is 1. The molecular weight excluding hydrogens is 212 g/mol. The van der Waals surface area contributed by atoms with Gasteiger partial charge in [-0.3, -0.25) is 4.79 Å². The molecule has 2 aliphatic rings. The molecule has 17 heavy (non-hydrogen) atoms. The molecule has 0 radical (unpaired) electrons. The Balaban J connectivity index is 2.18. The molecule has 90 valence electrons. The van der Waals surface area contributed by atoms with Crippen molar-refractivity contribution >= 4 is 5.97 Å². The van der Waals surface area contributed by atoms with Crippen LogP contribution in [-0.4, -0.2) is 11.1 Å². The molecule has 3 rings (SSSR count). The van der Waals surface area contributed by atoms with Gasteiger partial charge >= 0.3 is 5.97 Å². The summed E-state index contributed by atoms with van der Waals surface area (Å²) in [5, 5.41) is 9.39.